The Bertz CT molecular complexity index is 371. The second-order valence-electron chi connectivity index (χ2n) is 6.30. The fourth-order valence-electron chi connectivity index (χ4n) is 3.79. The first kappa shape index (κ1) is 12.9. The highest BCUT2D eigenvalue weighted by Crippen LogP contribution is 2.36. The van der Waals surface area contributed by atoms with Crippen LogP contribution < -0.4 is 10.6 Å². The summed E-state index contributed by atoms with van der Waals surface area (Å²) in [6.07, 6.45) is 5.91. The van der Waals surface area contributed by atoms with Gasteiger partial charge in [0.15, 0.2) is 0 Å². The van der Waals surface area contributed by atoms with Crippen molar-refractivity contribution in [3.05, 3.63) is 0 Å². The number of carbonyl (C=O) groups is 2. The number of nitrogens with one attached hydrogen (secondary N) is 2. The first-order valence-corrected chi connectivity index (χ1v) is 7.47. The third-order valence-electron chi connectivity index (χ3n) is 4.83. The number of hydrogen-bond acceptors (Lipinski definition) is 3. The molecule has 2 N–H and O–H groups in total. The van der Waals surface area contributed by atoms with Crippen molar-refractivity contribution in [2.24, 2.45) is 5.41 Å². The molecule has 0 aromatic rings. The molecule has 3 aliphatic heterocycles. The van der Waals surface area contributed by atoms with E-state index in [2.05, 4.69) is 10.6 Å². The molecule has 0 saturated carbocycles. The van der Waals surface area contributed by atoms with Gasteiger partial charge in [0.1, 0.15) is 6.04 Å². The van der Waals surface area contributed by atoms with Crippen molar-refractivity contribution in [3.8, 4) is 0 Å². The van der Waals surface area contributed by atoms with E-state index in [0.29, 0.717) is 12.8 Å². The average molecular weight is 265 g/mol. The molecule has 3 fully saturated rings. The molecule has 5 nitrogen and oxygen atoms in total. The fraction of sp³-hybridized carbons (Fsp3) is 0.857. The molecule has 1 spiro atoms. The summed E-state index contributed by atoms with van der Waals surface area (Å²) in [5.74, 6) is 0.153. The summed E-state index contributed by atoms with van der Waals surface area (Å²) in [4.78, 5) is 25.7. The predicted molar refractivity (Wildman–Crippen MR) is 71.5 cm³/mol. The van der Waals surface area contributed by atoms with Gasteiger partial charge in [-0.15, -0.1) is 0 Å². The summed E-state index contributed by atoms with van der Waals surface area (Å²) in [5.41, 5.74) is 0.286. The molecule has 3 rings (SSSR count). The maximum absolute atomic E-state index is 12.5. The van der Waals surface area contributed by atoms with Crippen LogP contribution in [-0.4, -0.2) is 48.9 Å². The largest absolute Gasteiger partial charge is 0.344 e. The van der Waals surface area contributed by atoms with Gasteiger partial charge in [-0.1, -0.05) is 0 Å². The van der Waals surface area contributed by atoms with E-state index in [-0.39, 0.29) is 23.3 Å². The Morgan fingerprint density at radius 3 is 2.84 bits per heavy atom. The molecule has 106 valence electrons. The average Bonchev–Trinajstić information content (AvgIpc) is 2.85. The Kier molecular flexibility index (Phi) is 3.48. The van der Waals surface area contributed by atoms with Crippen LogP contribution in [0.1, 0.15) is 38.5 Å². The number of nitrogens with zero attached hydrogens (tertiary/aromatic N) is 1. The maximum Gasteiger partial charge on any atom is 0.245 e. The van der Waals surface area contributed by atoms with Crippen molar-refractivity contribution >= 4 is 11.8 Å². The summed E-state index contributed by atoms with van der Waals surface area (Å²) in [6, 6.07) is -0.265. The summed E-state index contributed by atoms with van der Waals surface area (Å²) >= 11 is 0. The molecule has 1 unspecified atom stereocenters. The first-order valence-electron chi connectivity index (χ1n) is 7.47. The van der Waals surface area contributed by atoms with Gasteiger partial charge in [0.25, 0.3) is 0 Å². The van der Waals surface area contributed by atoms with Gasteiger partial charge in [-0.3, -0.25) is 9.59 Å². The van der Waals surface area contributed by atoms with Crippen molar-refractivity contribution in [1.82, 2.24) is 15.5 Å². The Morgan fingerprint density at radius 1 is 1.32 bits per heavy atom. The number of piperidine rings is 2. The van der Waals surface area contributed by atoms with Gasteiger partial charge in [-0.2, -0.15) is 0 Å². The molecule has 0 aromatic heterocycles. The molecule has 19 heavy (non-hydrogen) atoms. The number of carbonyl (C=O) groups excluding carboxylic acids is 2. The molecular weight excluding hydrogens is 242 g/mol. The minimum atomic E-state index is -0.265. The normalized spacial score (nSPS) is 35.5. The molecule has 3 saturated heterocycles. The highest BCUT2D eigenvalue weighted by Gasteiger charge is 2.40. The van der Waals surface area contributed by atoms with E-state index in [1.807, 2.05) is 4.90 Å². The summed E-state index contributed by atoms with van der Waals surface area (Å²) in [7, 11) is 0. The maximum atomic E-state index is 12.5. The third kappa shape index (κ3) is 2.61. The smallest absolute Gasteiger partial charge is 0.245 e. The van der Waals surface area contributed by atoms with Gasteiger partial charge < -0.3 is 15.5 Å². The lowest BCUT2D eigenvalue weighted by Crippen LogP contribution is -2.55. The van der Waals surface area contributed by atoms with Crippen LogP contribution in [0, 0.1) is 5.41 Å². The minimum absolute atomic E-state index is 0.0180. The Balaban J connectivity index is 1.64. The van der Waals surface area contributed by atoms with Crippen LogP contribution in [0.4, 0.5) is 0 Å². The van der Waals surface area contributed by atoms with Gasteiger partial charge in [0, 0.05) is 31.5 Å². The van der Waals surface area contributed by atoms with Crippen molar-refractivity contribution in [2.75, 3.05) is 26.2 Å². The van der Waals surface area contributed by atoms with Crippen LogP contribution in [0.15, 0.2) is 0 Å². The second-order valence-corrected chi connectivity index (χ2v) is 6.30. The minimum Gasteiger partial charge on any atom is -0.344 e. The van der Waals surface area contributed by atoms with Crippen LogP contribution >= 0.6 is 0 Å². The highest BCUT2D eigenvalue weighted by atomic mass is 16.2. The summed E-state index contributed by atoms with van der Waals surface area (Å²) in [6.45, 7) is 3.86. The van der Waals surface area contributed by atoms with E-state index in [0.717, 1.165) is 32.6 Å². The van der Waals surface area contributed by atoms with Gasteiger partial charge >= 0.3 is 0 Å². The van der Waals surface area contributed by atoms with Crippen molar-refractivity contribution in [1.29, 1.82) is 0 Å². The molecule has 0 radical (unpaired) electrons. The van der Waals surface area contributed by atoms with Crippen molar-refractivity contribution < 1.29 is 9.59 Å². The number of hydrogen-bond donors (Lipinski definition) is 2. The molecule has 2 atom stereocenters. The Hall–Kier alpha value is -1.10. The van der Waals surface area contributed by atoms with E-state index in [1.165, 1.54) is 19.3 Å². The molecule has 3 aliphatic rings. The number of rotatable bonds is 1. The van der Waals surface area contributed by atoms with Gasteiger partial charge in [-0.25, -0.2) is 0 Å². The zero-order chi connectivity index (χ0) is 13.3. The van der Waals surface area contributed by atoms with Gasteiger partial charge in [0.05, 0.1) is 0 Å². The van der Waals surface area contributed by atoms with Gasteiger partial charge in [-0.05, 0) is 38.6 Å². The van der Waals surface area contributed by atoms with Gasteiger partial charge in [0.2, 0.25) is 11.8 Å². The lowest BCUT2D eigenvalue weighted by molar-refractivity contribution is -0.138. The number of amides is 2. The van der Waals surface area contributed by atoms with E-state index in [9.17, 15) is 9.59 Å². The van der Waals surface area contributed by atoms with Crippen molar-refractivity contribution in [2.45, 2.75) is 44.6 Å². The molecular formula is C14H23N3O2. The van der Waals surface area contributed by atoms with Crippen LogP contribution in [0.3, 0.4) is 0 Å². The van der Waals surface area contributed by atoms with E-state index in [4.69, 9.17) is 0 Å². The Labute approximate surface area is 114 Å². The second kappa shape index (κ2) is 5.12. The SMILES string of the molecule is O=C1CC[C@H](C(=O)N2CCCC3(CCCNC3)C2)N1. The summed E-state index contributed by atoms with van der Waals surface area (Å²) < 4.78 is 0. The van der Waals surface area contributed by atoms with E-state index >= 15 is 0 Å². The molecule has 0 aromatic carbocycles. The van der Waals surface area contributed by atoms with Crippen molar-refractivity contribution in [3.63, 3.8) is 0 Å². The van der Waals surface area contributed by atoms with E-state index in [1.54, 1.807) is 0 Å². The van der Waals surface area contributed by atoms with E-state index < -0.39 is 0 Å². The number of likely N-dealkylation sites (tertiary alicyclic amines) is 1. The third-order valence-corrected chi connectivity index (χ3v) is 4.83. The standard InChI is InChI=1S/C14H23N3O2/c18-12-4-3-11(16-12)13(19)17-8-2-6-14(10-17)5-1-7-15-9-14/h11,15H,1-10H2,(H,16,18)/t11-,14?/m1/s1. The fourth-order valence-corrected chi connectivity index (χ4v) is 3.79. The topological polar surface area (TPSA) is 61.4 Å². The zero-order valence-electron chi connectivity index (χ0n) is 11.4. The lowest BCUT2D eigenvalue weighted by Gasteiger charge is -2.45. The molecule has 0 aliphatic carbocycles. The monoisotopic (exact) mass is 265 g/mol. The lowest BCUT2D eigenvalue weighted by atomic mass is 9.74. The first-order chi connectivity index (χ1) is 9.19. The zero-order valence-corrected chi connectivity index (χ0v) is 11.4. The molecule has 5 heteroatoms. The predicted octanol–water partition coefficient (Wildman–Crippen LogP) is 0.257. The van der Waals surface area contributed by atoms with Crippen LogP contribution in [0.25, 0.3) is 0 Å². The molecule has 0 bridgehead atoms. The quantitative estimate of drug-likeness (QED) is 0.715. The molecule has 2 amide bonds. The van der Waals surface area contributed by atoms with Crippen LogP contribution in [0.5, 0.6) is 0 Å². The van der Waals surface area contributed by atoms with Crippen LogP contribution in [-0.2, 0) is 9.59 Å². The Morgan fingerprint density at radius 2 is 2.16 bits per heavy atom. The molecule has 3 heterocycles. The van der Waals surface area contributed by atoms with Crippen LogP contribution in [0.2, 0.25) is 0 Å². The highest BCUT2D eigenvalue weighted by molar-refractivity contribution is 5.90. The summed E-state index contributed by atoms with van der Waals surface area (Å²) in [5, 5.41) is 6.27.